The van der Waals surface area contributed by atoms with Crippen molar-refractivity contribution in [3.8, 4) is 5.75 Å². The molecule has 196 valence electrons. The Balaban J connectivity index is 1.85. The summed E-state index contributed by atoms with van der Waals surface area (Å²) in [6, 6.07) is 8.55. The van der Waals surface area contributed by atoms with E-state index in [1.54, 1.807) is 14.2 Å². The van der Waals surface area contributed by atoms with Crippen molar-refractivity contribution in [1.29, 1.82) is 0 Å². The van der Waals surface area contributed by atoms with Crippen LogP contribution in [-0.4, -0.2) is 56.3 Å². The summed E-state index contributed by atoms with van der Waals surface area (Å²) in [7, 11) is 1.57. The highest BCUT2D eigenvalue weighted by atomic mass is 32.2. The van der Waals surface area contributed by atoms with Crippen molar-refractivity contribution in [2.45, 2.75) is 86.7 Å². The van der Waals surface area contributed by atoms with E-state index in [2.05, 4.69) is 87.1 Å². The lowest BCUT2D eigenvalue weighted by atomic mass is 9.78. The summed E-state index contributed by atoms with van der Waals surface area (Å²) in [5, 5.41) is 4.23. The van der Waals surface area contributed by atoms with Gasteiger partial charge in [-0.2, -0.15) is 0 Å². The highest BCUT2D eigenvalue weighted by molar-refractivity contribution is 8.21. The van der Waals surface area contributed by atoms with Crippen LogP contribution in [0, 0.1) is 0 Å². The zero-order valence-electron chi connectivity index (χ0n) is 22.8. The molecule has 0 aromatic heterocycles. The average Bonchev–Trinajstić information content (AvgIpc) is 3.28. The minimum atomic E-state index is -1.89. The summed E-state index contributed by atoms with van der Waals surface area (Å²) in [6.07, 6.45) is 5.27. The first-order valence-electron chi connectivity index (χ1n) is 12.8. The van der Waals surface area contributed by atoms with Gasteiger partial charge in [0.15, 0.2) is 14.1 Å². The zero-order valence-corrected chi connectivity index (χ0v) is 25.4. The predicted octanol–water partition coefficient (Wildman–Crippen LogP) is 7.02. The first kappa shape index (κ1) is 28.7. The Labute approximate surface area is 223 Å². The monoisotopic (exact) mass is 535 g/mol. The van der Waals surface area contributed by atoms with Gasteiger partial charge in [0.2, 0.25) is 0 Å². The third-order valence-corrected chi connectivity index (χ3v) is 16.2. The van der Waals surface area contributed by atoms with E-state index in [0.717, 1.165) is 30.8 Å². The summed E-state index contributed by atoms with van der Waals surface area (Å²) < 4.78 is 18.4. The Bertz CT molecular complexity index is 874. The van der Waals surface area contributed by atoms with Gasteiger partial charge >= 0.3 is 0 Å². The molecule has 1 saturated heterocycles. The molecular weight excluding hydrogens is 491 g/mol. The number of ether oxygens (including phenoxy) is 2. The molecule has 7 heteroatoms. The fourth-order valence-corrected chi connectivity index (χ4v) is 9.11. The second-order valence-electron chi connectivity index (χ2n) is 11.4. The molecule has 1 heterocycles. The minimum absolute atomic E-state index is 0.147. The number of hydrogen-bond acceptors (Lipinski definition) is 6. The fourth-order valence-electron chi connectivity index (χ4n) is 4.83. The maximum atomic E-state index is 6.76. The van der Waals surface area contributed by atoms with Gasteiger partial charge in [0.25, 0.3) is 0 Å². The summed E-state index contributed by atoms with van der Waals surface area (Å²) in [5.74, 6) is 4.25. The van der Waals surface area contributed by atoms with Crippen molar-refractivity contribution in [3.05, 3.63) is 47.9 Å². The number of hydrogen-bond donors (Lipinski definition) is 1. The molecule has 1 aromatic carbocycles. The van der Waals surface area contributed by atoms with Gasteiger partial charge in [0.05, 0.1) is 23.8 Å². The summed E-state index contributed by atoms with van der Waals surface area (Å²) in [5.41, 5.74) is 4.15. The fraction of sp³-hybridized carbons (Fsp3) is 0.679. The molecule has 2 fully saturated rings. The maximum Gasteiger partial charge on any atom is 0.192 e. The molecule has 1 atom stereocenters. The van der Waals surface area contributed by atoms with Crippen molar-refractivity contribution in [1.82, 2.24) is 5.32 Å². The SMILES string of the molecule is C=C=C(OC)C1(N[C@H](CO[Si](C)(C)C(C)(C)C)Cc2ccc(OC)cc2)CCC2(CC1)SCCS2. The Morgan fingerprint density at radius 2 is 1.69 bits per heavy atom. The van der Waals surface area contributed by atoms with Crippen LogP contribution in [0.15, 0.2) is 42.3 Å². The molecule has 1 aliphatic carbocycles. The Morgan fingerprint density at radius 3 is 2.17 bits per heavy atom. The number of benzene rings is 1. The molecule has 1 saturated carbocycles. The van der Waals surface area contributed by atoms with E-state index in [9.17, 15) is 0 Å². The third-order valence-electron chi connectivity index (χ3n) is 8.05. The van der Waals surface area contributed by atoms with Crippen LogP contribution >= 0.6 is 23.5 Å². The molecule has 0 radical (unpaired) electrons. The largest absolute Gasteiger partial charge is 0.497 e. The molecule has 0 amide bonds. The lowest BCUT2D eigenvalue weighted by Crippen LogP contribution is -2.58. The molecule has 3 rings (SSSR count). The Hall–Kier alpha value is -0.823. The maximum absolute atomic E-state index is 6.76. The van der Waals surface area contributed by atoms with Gasteiger partial charge in [-0.1, -0.05) is 45.2 Å². The molecule has 35 heavy (non-hydrogen) atoms. The van der Waals surface area contributed by atoms with E-state index in [4.69, 9.17) is 13.9 Å². The van der Waals surface area contributed by atoms with Gasteiger partial charge in [-0.15, -0.1) is 23.5 Å². The van der Waals surface area contributed by atoms with Crippen molar-refractivity contribution in [2.75, 3.05) is 32.3 Å². The van der Waals surface area contributed by atoms with Gasteiger partial charge in [-0.25, -0.2) is 0 Å². The van der Waals surface area contributed by atoms with Crippen LogP contribution in [-0.2, 0) is 15.6 Å². The van der Waals surface area contributed by atoms with E-state index >= 15 is 0 Å². The average molecular weight is 536 g/mol. The van der Waals surface area contributed by atoms with Crippen molar-refractivity contribution < 1.29 is 13.9 Å². The summed E-state index contributed by atoms with van der Waals surface area (Å²) in [6.45, 7) is 16.2. The number of nitrogens with one attached hydrogen (secondary N) is 1. The summed E-state index contributed by atoms with van der Waals surface area (Å²) in [4.78, 5) is 0. The molecular formula is C28H45NO3S2Si. The lowest BCUT2D eigenvalue weighted by molar-refractivity contribution is 0.126. The molecule has 0 unspecified atom stereocenters. The van der Waals surface area contributed by atoms with Gasteiger partial charge in [-0.05, 0) is 67.9 Å². The van der Waals surface area contributed by atoms with Crippen molar-refractivity contribution in [2.24, 2.45) is 0 Å². The zero-order chi connectivity index (χ0) is 25.7. The topological polar surface area (TPSA) is 39.7 Å². The third kappa shape index (κ3) is 6.94. The van der Waals surface area contributed by atoms with Crippen LogP contribution in [0.1, 0.15) is 52.0 Å². The van der Waals surface area contributed by atoms with E-state index in [1.165, 1.54) is 29.9 Å². The van der Waals surface area contributed by atoms with Gasteiger partial charge < -0.3 is 13.9 Å². The molecule has 1 aliphatic heterocycles. The molecule has 4 nitrogen and oxygen atoms in total. The molecule has 1 spiro atoms. The number of thioether (sulfide) groups is 2. The van der Waals surface area contributed by atoms with Crippen molar-refractivity contribution >= 4 is 31.8 Å². The highest BCUT2D eigenvalue weighted by Gasteiger charge is 2.48. The van der Waals surface area contributed by atoms with E-state index in [-0.39, 0.29) is 16.6 Å². The molecule has 1 N–H and O–H groups in total. The van der Waals surface area contributed by atoms with Crippen LogP contribution in [0.4, 0.5) is 0 Å². The van der Waals surface area contributed by atoms with Gasteiger partial charge in [0.1, 0.15) is 5.75 Å². The number of methoxy groups -OCH3 is 2. The van der Waals surface area contributed by atoms with Crippen molar-refractivity contribution in [3.63, 3.8) is 0 Å². The molecule has 2 aliphatic rings. The molecule has 1 aromatic rings. The van der Waals surface area contributed by atoms with E-state index < -0.39 is 8.32 Å². The lowest BCUT2D eigenvalue weighted by Gasteiger charge is -2.46. The summed E-state index contributed by atoms with van der Waals surface area (Å²) >= 11 is 4.31. The first-order chi connectivity index (χ1) is 16.5. The first-order valence-corrected chi connectivity index (χ1v) is 17.6. The standard InChI is InChI=1S/C28H45NO3S2Si/c1-9-25(31-6)27(14-16-28(17-15-27)33-18-19-34-28)29-23(21-32-35(7,8)26(2,3)4)20-22-10-12-24(30-5)13-11-22/h10-13,23,29H,1,14-21H2,2-8H3/t23-/m0/s1. The normalized spacial score (nSPS) is 20.3. The van der Waals surface area contributed by atoms with Gasteiger partial charge in [-0.3, -0.25) is 5.32 Å². The van der Waals surface area contributed by atoms with Crippen LogP contribution in [0.5, 0.6) is 5.75 Å². The second kappa shape index (κ2) is 11.7. The number of rotatable bonds is 10. The van der Waals surface area contributed by atoms with E-state index in [0.29, 0.717) is 10.7 Å². The molecule has 0 bridgehead atoms. The second-order valence-corrected chi connectivity index (χ2v) is 19.4. The predicted molar refractivity (Wildman–Crippen MR) is 155 cm³/mol. The van der Waals surface area contributed by atoms with Crippen LogP contribution < -0.4 is 10.1 Å². The van der Waals surface area contributed by atoms with Gasteiger partial charge in [0, 0.05) is 24.2 Å². The smallest absolute Gasteiger partial charge is 0.192 e. The van der Waals surface area contributed by atoms with Crippen LogP contribution in [0.25, 0.3) is 0 Å². The minimum Gasteiger partial charge on any atom is -0.497 e. The van der Waals surface area contributed by atoms with Crippen LogP contribution in [0.2, 0.25) is 18.1 Å². The Kier molecular flexibility index (Phi) is 9.61. The highest BCUT2D eigenvalue weighted by Crippen LogP contribution is 2.55. The van der Waals surface area contributed by atoms with Crippen LogP contribution in [0.3, 0.4) is 0 Å². The Morgan fingerprint density at radius 1 is 1.09 bits per heavy atom. The van der Waals surface area contributed by atoms with E-state index in [1.807, 2.05) is 12.1 Å². The quantitative estimate of drug-likeness (QED) is 0.197.